The summed E-state index contributed by atoms with van der Waals surface area (Å²) in [5.41, 5.74) is 4.56. The van der Waals surface area contributed by atoms with Gasteiger partial charge >= 0.3 is 6.09 Å². The normalized spacial score (nSPS) is 16.0. The second-order valence-electron chi connectivity index (χ2n) is 8.66. The Labute approximate surface area is 193 Å². The second-order valence-corrected chi connectivity index (χ2v) is 8.66. The number of carbonyl (C=O) groups is 2. The third kappa shape index (κ3) is 5.54. The molecule has 1 heterocycles. The Kier molecular flexibility index (Phi) is 6.99. The first-order valence-corrected chi connectivity index (χ1v) is 11.4. The van der Waals surface area contributed by atoms with Crippen LogP contribution < -0.4 is 4.74 Å². The van der Waals surface area contributed by atoms with Gasteiger partial charge in [0, 0.05) is 24.7 Å². The Morgan fingerprint density at radius 3 is 2.55 bits per heavy atom. The van der Waals surface area contributed by atoms with Crippen LogP contribution in [0.25, 0.3) is 5.57 Å². The van der Waals surface area contributed by atoms with Crippen LogP contribution in [0.2, 0.25) is 0 Å². The summed E-state index contributed by atoms with van der Waals surface area (Å²) in [4.78, 5) is 28.7. The average molecular weight is 451 g/mol. The number of aliphatic hydroxyl groups excluding tert-OH is 1. The number of carbonyl (C=O) groups excluding carboxylic acids is 1. The number of carboxylic acid groups (broad SMARTS) is 1. The van der Waals surface area contributed by atoms with Gasteiger partial charge in [-0.25, -0.2) is 4.79 Å². The third-order valence-corrected chi connectivity index (χ3v) is 6.12. The number of amides is 2. The van der Waals surface area contributed by atoms with Crippen molar-refractivity contribution in [2.75, 3.05) is 26.3 Å². The van der Waals surface area contributed by atoms with Crippen molar-refractivity contribution in [1.82, 2.24) is 9.80 Å². The van der Waals surface area contributed by atoms with E-state index in [2.05, 4.69) is 6.07 Å². The van der Waals surface area contributed by atoms with Gasteiger partial charge in [-0.3, -0.25) is 4.79 Å². The first kappa shape index (κ1) is 22.9. The van der Waals surface area contributed by atoms with E-state index in [1.165, 1.54) is 4.90 Å². The van der Waals surface area contributed by atoms with Gasteiger partial charge in [0.05, 0.1) is 13.2 Å². The lowest BCUT2D eigenvalue weighted by atomic mass is 9.92. The van der Waals surface area contributed by atoms with Crippen LogP contribution in [0.1, 0.15) is 36.0 Å². The Bertz CT molecular complexity index is 1040. The number of ether oxygens (including phenoxy) is 1. The molecule has 1 aliphatic heterocycles. The summed E-state index contributed by atoms with van der Waals surface area (Å²) in [6.45, 7) is 3.15. The van der Waals surface area contributed by atoms with Crippen LogP contribution in [0.15, 0.2) is 54.1 Å². The van der Waals surface area contributed by atoms with Gasteiger partial charge in [0.2, 0.25) is 0 Å². The van der Waals surface area contributed by atoms with Crippen LogP contribution in [0, 0.1) is 6.92 Å². The number of benzene rings is 2. The van der Waals surface area contributed by atoms with E-state index in [0.717, 1.165) is 35.1 Å². The Balaban J connectivity index is 1.65. The van der Waals surface area contributed by atoms with Crippen LogP contribution in [-0.2, 0) is 11.3 Å². The maximum Gasteiger partial charge on any atom is 0.407 e. The summed E-state index contributed by atoms with van der Waals surface area (Å²) in [6.07, 6.45) is 1.41. The maximum absolute atomic E-state index is 13.8. The molecule has 1 saturated carbocycles. The van der Waals surface area contributed by atoms with E-state index >= 15 is 0 Å². The number of aliphatic hydroxyl groups is 1. The Morgan fingerprint density at radius 1 is 1.15 bits per heavy atom. The van der Waals surface area contributed by atoms with Gasteiger partial charge in [0.1, 0.15) is 12.4 Å². The lowest BCUT2D eigenvalue weighted by molar-refractivity contribution is -0.128. The summed E-state index contributed by atoms with van der Waals surface area (Å²) in [5.74, 6) is 0.559. The van der Waals surface area contributed by atoms with Gasteiger partial charge in [0.15, 0.2) is 0 Å². The van der Waals surface area contributed by atoms with Gasteiger partial charge < -0.3 is 24.7 Å². The fraction of sp³-hybridized carbons (Fsp3) is 0.385. The van der Waals surface area contributed by atoms with Crippen molar-refractivity contribution in [2.45, 2.75) is 38.8 Å². The minimum Gasteiger partial charge on any atom is -0.491 e. The van der Waals surface area contributed by atoms with Gasteiger partial charge in [-0.2, -0.15) is 0 Å². The fourth-order valence-corrected chi connectivity index (χ4v) is 4.29. The van der Waals surface area contributed by atoms with Crippen LogP contribution in [0.3, 0.4) is 0 Å². The van der Waals surface area contributed by atoms with Crippen LogP contribution in [0.5, 0.6) is 5.75 Å². The zero-order valence-corrected chi connectivity index (χ0v) is 18.9. The quantitative estimate of drug-likeness (QED) is 0.640. The minimum atomic E-state index is -1.01. The minimum absolute atomic E-state index is 0.0610. The standard InChI is InChI=1S/C26H30N2O5/c1-18-3-2-4-19(15-18)16-28(21-7-8-21)25(30)24-17-27(26(31)32)12-11-23(24)20-5-9-22(10-6-20)33-14-13-29/h2-6,9-10,15,21,29H,7-8,11-14,16-17H2,1H3,(H,31,32). The third-order valence-electron chi connectivity index (χ3n) is 6.12. The molecule has 7 nitrogen and oxygen atoms in total. The molecule has 1 fully saturated rings. The molecule has 2 amide bonds. The lowest BCUT2D eigenvalue weighted by Crippen LogP contribution is -2.42. The van der Waals surface area contributed by atoms with Crippen molar-refractivity contribution in [3.05, 3.63) is 70.8 Å². The molecule has 1 aliphatic carbocycles. The molecule has 0 atom stereocenters. The molecule has 0 radical (unpaired) electrons. The van der Waals surface area contributed by atoms with Crippen LogP contribution in [-0.4, -0.2) is 64.4 Å². The Hall–Kier alpha value is -3.32. The predicted octanol–water partition coefficient (Wildman–Crippen LogP) is 3.69. The summed E-state index contributed by atoms with van der Waals surface area (Å²) >= 11 is 0. The molecule has 7 heteroatoms. The maximum atomic E-state index is 13.8. The number of aryl methyl sites for hydroxylation is 1. The van der Waals surface area contributed by atoms with Crippen LogP contribution in [0.4, 0.5) is 4.79 Å². The van der Waals surface area contributed by atoms with Crippen molar-refractivity contribution in [3.8, 4) is 5.75 Å². The predicted molar refractivity (Wildman–Crippen MR) is 125 cm³/mol. The molecule has 2 aliphatic rings. The van der Waals surface area contributed by atoms with E-state index in [-0.39, 0.29) is 31.7 Å². The van der Waals surface area contributed by atoms with Gasteiger partial charge in [-0.15, -0.1) is 0 Å². The molecule has 33 heavy (non-hydrogen) atoms. The topological polar surface area (TPSA) is 90.3 Å². The van der Waals surface area contributed by atoms with E-state index < -0.39 is 6.09 Å². The van der Waals surface area contributed by atoms with Crippen molar-refractivity contribution >= 4 is 17.6 Å². The molecule has 174 valence electrons. The number of rotatable bonds is 8. The van der Waals surface area contributed by atoms with Crippen molar-refractivity contribution in [2.24, 2.45) is 0 Å². The zero-order valence-electron chi connectivity index (χ0n) is 18.9. The first-order chi connectivity index (χ1) is 16.0. The summed E-state index contributed by atoms with van der Waals surface area (Å²) < 4.78 is 5.45. The number of hydrogen-bond donors (Lipinski definition) is 2. The van der Waals surface area contributed by atoms with E-state index in [1.807, 2.05) is 54.3 Å². The van der Waals surface area contributed by atoms with Gasteiger partial charge in [-0.1, -0.05) is 42.0 Å². The average Bonchev–Trinajstić information content (AvgIpc) is 3.66. The highest BCUT2D eigenvalue weighted by Crippen LogP contribution is 2.34. The molecule has 0 aromatic heterocycles. The van der Waals surface area contributed by atoms with E-state index in [9.17, 15) is 14.7 Å². The summed E-state index contributed by atoms with van der Waals surface area (Å²) in [6, 6.07) is 15.8. The van der Waals surface area contributed by atoms with Crippen LogP contribution >= 0.6 is 0 Å². The molecule has 2 aromatic carbocycles. The highest BCUT2D eigenvalue weighted by Gasteiger charge is 2.37. The van der Waals surface area contributed by atoms with Gasteiger partial charge in [0.25, 0.3) is 5.91 Å². The smallest absolute Gasteiger partial charge is 0.407 e. The molecular weight excluding hydrogens is 420 g/mol. The summed E-state index contributed by atoms with van der Waals surface area (Å²) in [7, 11) is 0. The molecule has 0 spiro atoms. The number of nitrogens with zero attached hydrogens (tertiary/aromatic N) is 2. The SMILES string of the molecule is Cc1cccc(CN(C(=O)C2=C(c3ccc(OCCO)cc3)CCN(C(=O)O)C2)C2CC2)c1. The lowest BCUT2D eigenvalue weighted by Gasteiger charge is -2.32. The number of hydrogen-bond acceptors (Lipinski definition) is 4. The molecule has 2 aromatic rings. The molecule has 0 unspecified atom stereocenters. The first-order valence-electron chi connectivity index (χ1n) is 11.4. The highest BCUT2D eigenvalue weighted by atomic mass is 16.5. The van der Waals surface area contributed by atoms with Crippen molar-refractivity contribution in [1.29, 1.82) is 0 Å². The Morgan fingerprint density at radius 2 is 1.91 bits per heavy atom. The monoisotopic (exact) mass is 450 g/mol. The van der Waals surface area contributed by atoms with E-state index in [1.54, 1.807) is 0 Å². The van der Waals surface area contributed by atoms with E-state index in [4.69, 9.17) is 9.84 Å². The molecule has 2 N–H and O–H groups in total. The fourth-order valence-electron chi connectivity index (χ4n) is 4.29. The van der Waals surface area contributed by atoms with Crippen molar-refractivity contribution in [3.63, 3.8) is 0 Å². The van der Waals surface area contributed by atoms with E-state index in [0.29, 0.717) is 30.8 Å². The zero-order chi connectivity index (χ0) is 23.4. The highest BCUT2D eigenvalue weighted by molar-refractivity contribution is 6.03. The molecule has 4 rings (SSSR count). The summed E-state index contributed by atoms with van der Waals surface area (Å²) in [5, 5.41) is 18.5. The molecule has 0 saturated heterocycles. The molecular formula is C26H30N2O5. The molecule has 0 bridgehead atoms. The van der Waals surface area contributed by atoms with Crippen molar-refractivity contribution < 1.29 is 24.5 Å². The second kappa shape index (κ2) is 10.1. The largest absolute Gasteiger partial charge is 0.491 e. The van der Waals surface area contributed by atoms with Gasteiger partial charge in [-0.05, 0) is 55.0 Å².